The number of aromatic nitrogens is 3. The molecule has 19 heavy (non-hydrogen) atoms. The Bertz CT molecular complexity index is 401. The van der Waals surface area contributed by atoms with Gasteiger partial charge in [-0.1, -0.05) is 18.6 Å². The van der Waals surface area contributed by atoms with Crippen LogP contribution in [0.15, 0.2) is 0 Å². The summed E-state index contributed by atoms with van der Waals surface area (Å²) in [7, 11) is 4.08. The average Bonchev–Trinajstić information content (AvgIpc) is 2.73. The second-order valence-corrected chi connectivity index (χ2v) is 4.74. The van der Waals surface area contributed by atoms with Crippen molar-refractivity contribution in [2.75, 3.05) is 27.2 Å². The fourth-order valence-corrected chi connectivity index (χ4v) is 1.89. The summed E-state index contributed by atoms with van der Waals surface area (Å²) in [5, 5.41) is 8.06. The Hall–Kier alpha value is -1.43. The second kappa shape index (κ2) is 7.89. The van der Waals surface area contributed by atoms with Gasteiger partial charge in [0.2, 0.25) is 0 Å². The molecule has 0 spiro atoms. The second-order valence-electron chi connectivity index (χ2n) is 4.74. The zero-order valence-electron chi connectivity index (χ0n) is 12.3. The zero-order valence-corrected chi connectivity index (χ0v) is 12.3. The van der Waals surface area contributed by atoms with E-state index in [1.807, 2.05) is 18.8 Å². The molecule has 0 aliphatic carbocycles. The van der Waals surface area contributed by atoms with Crippen LogP contribution >= 0.6 is 0 Å². The molecule has 1 heterocycles. The lowest BCUT2D eigenvalue weighted by Gasteiger charge is -2.10. The van der Waals surface area contributed by atoms with Crippen LogP contribution in [0.4, 0.5) is 0 Å². The van der Waals surface area contributed by atoms with Crippen molar-refractivity contribution in [3.63, 3.8) is 0 Å². The summed E-state index contributed by atoms with van der Waals surface area (Å²) in [5.74, 6) is -0.371. The third-order valence-electron chi connectivity index (χ3n) is 2.77. The van der Waals surface area contributed by atoms with Crippen molar-refractivity contribution in [1.82, 2.24) is 19.9 Å². The number of rotatable bonds is 8. The van der Waals surface area contributed by atoms with Crippen LogP contribution < -0.4 is 0 Å². The first-order valence-electron chi connectivity index (χ1n) is 6.84. The molecule has 0 saturated carbocycles. The molecule has 0 bridgehead atoms. The van der Waals surface area contributed by atoms with Crippen LogP contribution in [0.5, 0.6) is 0 Å². The van der Waals surface area contributed by atoms with Gasteiger partial charge in [-0.2, -0.15) is 0 Å². The van der Waals surface area contributed by atoms with Gasteiger partial charge in [0.15, 0.2) is 5.69 Å². The first-order chi connectivity index (χ1) is 9.10. The summed E-state index contributed by atoms with van der Waals surface area (Å²) in [6, 6.07) is 0. The number of aryl methyl sites for hydroxylation is 1. The molecule has 0 saturated heterocycles. The molecule has 0 aliphatic rings. The highest BCUT2D eigenvalue weighted by Crippen LogP contribution is 2.11. The van der Waals surface area contributed by atoms with Gasteiger partial charge in [0.1, 0.15) is 0 Å². The molecule has 1 aromatic rings. The smallest absolute Gasteiger partial charge is 0.360 e. The highest BCUT2D eigenvalue weighted by atomic mass is 16.5. The molecule has 1 aromatic heterocycles. The maximum Gasteiger partial charge on any atom is 0.360 e. The van der Waals surface area contributed by atoms with Crippen molar-refractivity contribution >= 4 is 5.97 Å². The number of carbonyl (C=O) groups excluding carboxylic acids is 1. The molecule has 0 amide bonds. The van der Waals surface area contributed by atoms with Crippen molar-refractivity contribution in [2.45, 2.75) is 39.7 Å². The SMILES string of the molecule is CCCc1c(C(=O)OCC)nnn1CCCN(C)C. The van der Waals surface area contributed by atoms with Gasteiger partial charge in [0.25, 0.3) is 0 Å². The first kappa shape index (κ1) is 15.6. The molecule has 0 atom stereocenters. The minimum absolute atomic E-state index is 0.359. The van der Waals surface area contributed by atoms with E-state index in [2.05, 4.69) is 22.1 Å². The standard InChI is InChI=1S/C13H24N4O2/c1-5-8-11-12(13(18)19-6-2)14-15-17(11)10-7-9-16(3)4/h5-10H2,1-4H3. The Morgan fingerprint density at radius 2 is 2.11 bits per heavy atom. The molecule has 6 nitrogen and oxygen atoms in total. The largest absolute Gasteiger partial charge is 0.461 e. The lowest BCUT2D eigenvalue weighted by atomic mass is 10.2. The van der Waals surface area contributed by atoms with E-state index in [0.717, 1.165) is 38.0 Å². The lowest BCUT2D eigenvalue weighted by molar-refractivity contribution is 0.0518. The predicted octanol–water partition coefficient (Wildman–Crippen LogP) is 1.36. The quantitative estimate of drug-likeness (QED) is 0.666. The minimum atomic E-state index is -0.371. The third-order valence-corrected chi connectivity index (χ3v) is 2.77. The number of esters is 1. The Kier molecular flexibility index (Phi) is 6.49. The first-order valence-corrected chi connectivity index (χ1v) is 6.84. The van der Waals surface area contributed by atoms with Crippen LogP contribution in [-0.4, -0.2) is 53.1 Å². The van der Waals surface area contributed by atoms with E-state index in [9.17, 15) is 4.79 Å². The molecule has 0 unspecified atom stereocenters. The number of hydrogen-bond acceptors (Lipinski definition) is 5. The number of nitrogens with zero attached hydrogens (tertiary/aromatic N) is 4. The molecular weight excluding hydrogens is 244 g/mol. The molecule has 0 radical (unpaired) electrons. The maximum atomic E-state index is 11.8. The van der Waals surface area contributed by atoms with Gasteiger partial charge in [0.05, 0.1) is 12.3 Å². The Balaban J connectivity index is 2.77. The van der Waals surface area contributed by atoms with Gasteiger partial charge < -0.3 is 9.64 Å². The van der Waals surface area contributed by atoms with Crippen LogP contribution in [0.25, 0.3) is 0 Å². The van der Waals surface area contributed by atoms with Crippen molar-refractivity contribution in [3.05, 3.63) is 11.4 Å². The topological polar surface area (TPSA) is 60.2 Å². The minimum Gasteiger partial charge on any atom is -0.461 e. The summed E-state index contributed by atoms with van der Waals surface area (Å²) in [6.07, 6.45) is 2.73. The Labute approximate surface area is 114 Å². The lowest BCUT2D eigenvalue weighted by Crippen LogP contribution is -2.17. The molecule has 6 heteroatoms. The molecule has 0 aromatic carbocycles. The van der Waals surface area contributed by atoms with E-state index in [-0.39, 0.29) is 5.97 Å². The summed E-state index contributed by atoms with van der Waals surface area (Å²) in [4.78, 5) is 13.9. The van der Waals surface area contributed by atoms with E-state index < -0.39 is 0 Å². The van der Waals surface area contributed by atoms with Gasteiger partial charge in [-0.15, -0.1) is 5.10 Å². The van der Waals surface area contributed by atoms with Gasteiger partial charge in [-0.25, -0.2) is 9.48 Å². The molecule has 1 rings (SSSR count). The highest BCUT2D eigenvalue weighted by molar-refractivity contribution is 5.88. The molecule has 0 fully saturated rings. The van der Waals surface area contributed by atoms with E-state index >= 15 is 0 Å². The van der Waals surface area contributed by atoms with E-state index in [4.69, 9.17) is 4.74 Å². The number of ether oxygens (including phenoxy) is 1. The molecular formula is C13H24N4O2. The van der Waals surface area contributed by atoms with Crippen LogP contribution in [0.1, 0.15) is 42.9 Å². The molecule has 0 aliphatic heterocycles. The number of carbonyl (C=O) groups is 1. The van der Waals surface area contributed by atoms with Crippen LogP contribution in [0, 0.1) is 0 Å². The van der Waals surface area contributed by atoms with E-state index in [1.54, 1.807) is 6.92 Å². The van der Waals surface area contributed by atoms with Crippen LogP contribution in [0.3, 0.4) is 0 Å². The summed E-state index contributed by atoms with van der Waals surface area (Å²) in [6.45, 7) is 5.99. The van der Waals surface area contributed by atoms with Gasteiger partial charge in [0, 0.05) is 6.54 Å². The summed E-state index contributed by atoms with van der Waals surface area (Å²) < 4.78 is 6.84. The Morgan fingerprint density at radius 3 is 2.68 bits per heavy atom. The molecule has 0 N–H and O–H groups in total. The summed E-state index contributed by atoms with van der Waals surface area (Å²) in [5.41, 5.74) is 1.26. The van der Waals surface area contributed by atoms with Crippen LogP contribution in [0.2, 0.25) is 0 Å². The normalized spacial score (nSPS) is 11.0. The average molecular weight is 268 g/mol. The summed E-state index contributed by atoms with van der Waals surface area (Å²) >= 11 is 0. The van der Waals surface area contributed by atoms with Crippen molar-refractivity contribution in [1.29, 1.82) is 0 Å². The Morgan fingerprint density at radius 1 is 1.37 bits per heavy atom. The molecule has 108 valence electrons. The van der Waals surface area contributed by atoms with Crippen molar-refractivity contribution in [2.24, 2.45) is 0 Å². The van der Waals surface area contributed by atoms with Crippen molar-refractivity contribution in [3.8, 4) is 0 Å². The van der Waals surface area contributed by atoms with Gasteiger partial charge >= 0.3 is 5.97 Å². The van der Waals surface area contributed by atoms with Crippen LogP contribution in [-0.2, 0) is 17.7 Å². The number of hydrogen-bond donors (Lipinski definition) is 0. The maximum absolute atomic E-state index is 11.8. The van der Waals surface area contributed by atoms with E-state index in [1.165, 1.54) is 0 Å². The van der Waals surface area contributed by atoms with Crippen molar-refractivity contribution < 1.29 is 9.53 Å². The fourth-order valence-electron chi connectivity index (χ4n) is 1.89. The zero-order chi connectivity index (χ0) is 14.3. The predicted molar refractivity (Wildman–Crippen MR) is 73.1 cm³/mol. The third kappa shape index (κ3) is 4.63. The van der Waals surface area contributed by atoms with Gasteiger partial charge in [-0.05, 0) is 40.4 Å². The van der Waals surface area contributed by atoms with Gasteiger partial charge in [-0.3, -0.25) is 0 Å². The van der Waals surface area contributed by atoms with E-state index in [0.29, 0.717) is 12.3 Å². The highest BCUT2D eigenvalue weighted by Gasteiger charge is 2.19. The monoisotopic (exact) mass is 268 g/mol. The fraction of sp³-hybridized carbons (Fsp3) is 0.769.